The molecule has 3 rings (SSSR count). The lowest BCUT2D eigenvalue weighted by molar-refractivity contribution is -0.113. The minimum absolute atomic E-state index is 0.117. The van der Waals surface area contributed by atoms with Gasteiger partial charge in [0.15, 0.2) is 17.1 Å². The Bertz CT molecular complexity index is 972. The average Bonchev–Trinajstić information content (AvgIpc) is 3.07. The van der Waals surface area contributed by atoms with Crippen LogP contribution in [-0.4, -0.2) is 33.5 Å². The predicted octanol–water partition coefficient (Wildman–Crippen LogP) is 4.00. The van der Waals surface area contributed by atoms with Crippen molar-refractivity contribution in [3.05, 3.63) is 59.9 Å². The van der Waals surface area contributed by atoms with Crippen LogP contribution in [0.5, 0.6) is 11.5 Å². The highest BCUT2D eigenvalue weighted by atomic mass is 32.2. The van der Waals surface area contributed by atoms with E-state index in [4.69, 9.17) is 9.47 Å². The Kier molecular flexibility index (Phi) is 6.77. The molecule has 3 aromatic rings. The Balaban J connectivity index is 1.56. The second kappa shape index (κ2) is 9.47. The van der Waals surface area contributed by atoms with Gasteiger partial charge in [0, 0.05) is 12.7 Å². The van der Waals surface area contributed by atoms with Crippen LogP contribution in [0, 0.1) is 6.92 Å². The summed E-state index contributed by atoms with van der Waals surface area (Å²) in [5.74, 6) is 2.34. The molecule has 2 aromatic carbocycles. The molecule has 0 saturated carbocycles. The molecule has 1 unspecified atom stereocenters. The number of anilines is 1. The van der Waals surface area contributed by atoms with E-state index in [9.17, 15) is 4.79 Å². The molecule has 29 heavy (non-hydrogen) atoms. The molecule has 0 radical (unpaired) electrons. The van der Waals surface area contributed by atoms with Gasteiger partial charge in [0.05, 0.1) is 12.9 Å². The van der Waals surface area contributed by atoms with Gasteiger partial charge in [-0.25, -0.2) is 0 Å². The summed E-state index contributed by atoms with van der Waals surface area (Å²) in [5.41, 5.74) is 1.85. The van der Waals surface area contributed by atoms with Gasteiger partial charge in [-0.05, 0) is 55.8 Å². The molecule has 8 heteroatoms. The third-order valence-corrected chi connectivity index (χ3v) is 5.26. The molecule has 1 heterocycles. The van der Waals surface area contributed by atoms with Crippen LogP contribution in [0.4, 0.5) is 5.69 Å². The van der Waals surface area contributed by atoms with Crippen LogP contribution in [0.3, 0.4) is 0 Å². The molecule has 1 aromatic heterocycles. The van der Waals surface area contributed by atoms with Gasteiger partial charge in [0.1, 0.15) is 11.5 Å². The second-order valence-electron chi connectivity index (χ2n) is 6.54. The number of aryl methyl sites for hydroxylation is 1. The number of aromatic nitrogens is 3. The number of ether oxygens (including phenoxy) is 2. The van der Waals surface area contributed by atoms with Crippen LogP contribution in [0.15, 0.2) is 53.7 Å². The van der Waals surface area contributed by atoms with Crippen molar-refractivity contribution in [2.75, 3.05) is 18.2 Å². The van der Waals surface area contributed by atoms with Gasteiger partial charge in [-0.1, -0.05) is 23.9 Å². The zero-order valence-corrected chi connectivity index (χ0v) is 17.7. The quantitative estimate of drug-likeness (QED) is 0.564. The molecule has 7 nitrogen and oxygen atoms in total. The predicted molar refractivity (Wildman–Crippen MR) is 114 cm³/mol. The average molecular weight is 413 g/mol. The van der Waals surface area contributed by atoms with E-state index in [1.54, 1.807) is 31.4 Å². The lowest BCUT2D eigenvalue weighted by atomic mass is 10.2. The summed E-state index contributed by atoms with van der Waals surface area (Å²) in [6.45, 7) is 3.95. The largest absolute Gasteiger partial charge is 0.497 e. The van der Waals surface area contributed by atoms with Gasteiger partial charge in [0.2, 0.25) is 5.91 Å². The van der Waals surface area contributed by atoms with E-state index >= 15 is 0 Å². The van der Waals surface area contributed by atoms with Crippen LogP contribution < -0.4 is 14.8 Å². The molecular formula is C21H24N4O3S. The zero-order chi connectivity index (χ0) is 20.8. The van der Waals surface area contributed by atoms with Crippen molar-refractivity contribution in [2.45, 2.75) is 25.1 Å². The fourth-order valence-corrected chi connectivity index (χ4v) is 3.47. The smallest absolute Gasteiger partial charge is 0.234 e. The number of amides is 1. The van der Waals surface area contributed by atoms with Gasteiger partial charge in [-0.2, -0.15) is 0 Å². The Morgan fingerprint density at radius 2 is 1.93 bits per heavy atom. The first-order chi connectivity index (χ1) is 14.0. The maximum Gasteiger partial charge on any atom is 0.234 e. The van der Waals surface area contributed by atoms with Crippen LogP contribution in [0.25, 0.3) is 0 Å². The number of nitrogens with one attached hydrogen (secondary N) is 1. The highest BCUT2D eigenvalue weighted by Gasteiger charge is 2.18. The summed E-state index contributed by atoms with van der Waals surface area (Å²) in [6, 6.07) is 15.1. The molecule has 0 bridgehead atoms. The fraction of sp³-hybridized carbons (Fsp3) is 0.286. The second-order valence-corrected chi connectivity index (χ2v) is 7.48. The van der Waals surface area contributed by atoms with Crippen molar-refractivity contribution >= 4 is 23.4 Å². The van der Waals surface area contributed by atoms with Crippen molar-refractivity contribution in [3.8, 4) is 11.5 Å². The van der Waals surface area contributed by atoms with E-state index < -0.39 is 0 Å². The van der Waals surface area contributed by atoms with Gasteiger partial charge in [-0.3, -0.25) is 4.79 Å². The number of hydrogen-bond acceptors (Lipinski definition) is 6. The van der Waals surface area contributed by atoms with Crippen molar-refractivity contribution in [1.29, 1.82) is 0 Å². The van der Waals surface area contributed by atoms with Crippen molar-refractivity contribution < 1.29 is 14.3 Å². The lowest BCUT2D eigenvalue weighted by Gasteiger charge is -2.14. The van der Waals surface area contributed by atoms with Crippen LogP contribution in [0.2, 0.25) is 0 Å². The molecular weight excluding hydrogens is 388 g/mol. The van der Waals surface area contributed by atoms with E-state index in [1.165, 1.54) is 11.8 Å². The van der Waals surface area contributed by atoms with Gasteiger partial charge in [0.25, 0.3) is 0 Å². The summed E-state index contributed by atoms with van der Waals surface area (Å²) >= 11 is 1.33. The van der Waals surface area contributed by atoms with Gasteiger partial charge < -0.3 is 19.4 Å². The van der Waals surface area contributed by atoms with Crippen molar-refractivity contribution in [3.63, 3.8) is 0 Å². The molecule has 1 N–H and O–H groups in total. The minimum Gasteiger partial charge on any atom is -0.497 e. The first-order valence-electron chi connectivity index (χ1n) is 9.15. The highest BCUT2D eigenvalue weighted by Crippen LogP contribution is 2.24. The molecule has 0 aliphatic heterocycles. The number of carbonyl (C=O) groups excluding carboxylic acids is 1. The fourth-order valence-electron chi connectivity index (χ4n) is 2.75. The molecule has 1 atom stereocenters. The summed E-state index contributed by atoms with van der Waals surface area (Å²) in [5, 5.41) is 11.9. The van der Waals surface area contributed by atoms with E-state index in [0.29, 0.717) is 11.0 Å². The van der Waals surface area contributed by atoms with E-state index in [-0.39, 0.29) is 17.8 Å². The Hall–Kier alpha value is -3.00. The first-order valence-corrected chi connectivity index (χ1v) is 10.1. The van der Waals surface area contributed by atoms with E-state index in [0.717, 1.165) is 22.7 Å². The number of thioether (sulfide) groups is 1. The summed E-state index contributed by atoms with van der Waals surface area (Å²) in [7, 11) is 3.47. The van der Waals surface area contributed by atoms with Crippen LogP contribution in [0.1, 0.15) is 24.4 Å². The summed E-state index contributed by atoms with van der Waals surface area (Å²) in [4.78, 5) is 12.2. The van der Waals surface area contributed by atoms with E-state index in [2.05, 4.69) is 15.5 Å². The lowest BCUT2D eigenvalue weighted by Crippen LogP contribution is -2.14. The molecule has 0 aliphatic carbocycles. The van der Waals surface area contributed by atoms with Crippen molar-refractivity contribution in [1.82, 2.24) is 14.8 Å². The molecule has 152 valence electrons. The Morgan fingerprint density at radius 3 is 2.62 bits per heavy atom. The van der Waals surface area contributed by atoms with Gasteiger partial charge >= 0.3 is 0 Å². The maximum atomic E-state index is 12.2. The third kappa shape index (κ3) is 5.51. The maximum absolute atomic E-state index is 12.2. The van der Waals surface area contributed by atoms with Crippen LogP contribution in [-0.2, 0) is 11.8 Å². The topological polar surface area (TPSA) is 78.3 Å². The standard InChI is InChI=1S/C21H24N4O3S/c1-14-6-5-7-18(12-14)28-15(2)20-23-24-21(25(20)3)29-13-19(26)22-16-8-10-17(27-4)11-9-16/h5-12,15H,13H2,1-4H3,(H,22,26). The Morgan fingerprint density at radius 1 is 1.17 bits per heavy atom. The monoisotopic (exact) mass is 412 g/mol. The first kappa shape index (κ1) is 20.7. The highest BCUT2D eigenvalue weighted by molar-refractivity contribution is 7.99. The SMILES string of the molecule is COc1ccc(NC(=O)CSc2nnc(C(C)Oc3cccc(C)c3)n2C)cc1. The molecule has 0 spiro atoms. The molecule has 1 amide bonds. The van der Waals surface area contributed by atoms with E-state index in [1.807, 2.05) is 49.7 Å². The third-order valence-electron chi connectivity index (χ3n) is 4.24. The summed E-state index contributed by atoms with van der Waals surface area (Å²) in [6.07, 6.45) is -0.267. The molecule has 0 aliphatic rings. The molecule has 0 saturated heterocycles. The number of nitrogens with zero attached hydrogens (tertiary/aromatic N) is 3. The van der Waals surface area contributed by atoms with Crippen LogP contribution >= 0.6 is 11.8 Å². The molecule has 0 fully saturated rings. The Labute approximate surface area is 174 Å². The number of rotatable bonds is 8. The van der Waals surface area contributed by atoms with Gasteiger partial charge in [-0.15, -0.1) is 10.2 Å². The summed E-state index contributed by atoms with van der Waals surface area (Å²) < 4.78 is 12.9. The number of hydrogen-bond donors (Lipinski definition) is 1. The number of benzene rings is 2. The number of carbonyl (C=O) groups is 1. The normalized spacial score (nSPS) is 11.7. The zero-order valence-electron chi connectivity index (χ0n) is 16.9. The van der Waals surface area contributed by atoms with Crippen molar-refractivity contribution in [2.24, 2.45) is 7.05 Å². The number of methoxy groups -OCH3 is 1. The minimum atomic E-state index is -0.267.